The van der Waals surface area contributed by atoms with Crippen LogP contribution in [0.1, 0.15) is 40.9 Å². The third-order valence-electron chi connectivity index (χ3n) is 5.39. The lowest BCUT2D eigenvalue weighted by Crippen LogP contribution is -2.27. The van der Waals surface area contributed by atoms with Crippen molar-refractivity contribution in [3.63, 3.8) is 0 Å². The zero-order valence-corrected chi connectivity index (χ0v) is 18.3. The van der Waals surface area contributed by atoms with Crippen LogP contribution in [-0.2, 0) is 11.2 Å². The van der Waals surface area contributed by atoms with Gasteiger partial charge >= 0.3 is 0 Å². The molecule has 164 valence electrons. The molecule has 1 aliphatic carbocycles. The second-order valence-corrected chi connectivity index (χ2v) is 7.17. The van der Waals surface area contributed by atoms with Crippen molar-refractivity contribution < 1.29 is 23.8 Å². The van der Waals surface area contributed by atoms with Crippen LogP contribution in [0.5, 0.6) is 17.2 Å². The number of methoxy groups -OCH3 is 3. The van der Waals surface area contributed by atoms with Gasteiger partial charge in [0, 0.05) is 19.5 Å². The van der Waals surface area contributed by atoms with E-state index in [9.17, 15) is 14.4 Å². The Morgan fingerprint density at radius 1 is 1.03 bits per heavy atom. The van der Waals surface area contributed by atoms with E-state index in [0.29, 0.717) is 41.2 Å². The van der Waals surface area contributed by atoms with Crippen molar-refractivity contribution in [3.05, 3.63) is 51.2 Å². The highest BCUT2D eigenvalue weighted by molar-refractivity contribution is 5.94. The van der Waals surface area contributed by atoms with Gasteiger partial charge in [-0.2, -0.15) is 0 Å². The fourth-order valence-corrected chi connectivity index (χ4v) is 4.03. The molecule has 0 saturated heterocycles. The minimum absolute atomic E-state index is 0.0122. The highest BCUT2D eigenvalue weighted by Crippen LogP contribution is 2.50. The molecule has 31 heavy (non-hydrogen) atoms. The van der Waals surface area contributed by atoms with Gasteiger partial charge in [0.1, 0.15) is 0 Å². The molecule has 0 aromatic heterocycles. The summed E-state index contributed by atoms with van der Waals surface area (Å²) < 4.78 is 16.8. The van der Waals surface area contributed by atoms with Crippen LogP contribution in [0.15, 0.2) is 29.1 Å². The molecule has 2 N–H and O–H groups in total. The molecular formula is C23H26N2O6. The van der Waals surface area contributed by atoms with Crippen molar-refractivity contribution in [1.82, 2.24) is 10.6 Å². The van der Waals surface area contributed by atoms with E-state index in [2.05, 4.69) is 10.6 Å². The molecule has 1 aliphatic rings. The molecule has 0 spiro atoms. The topological polar surface area (TPSA) is 103 Å². The predicted molar refractivity (Wildman–Crippen MR) is 116 cm³/mol. The van der Waals surface area contributed by atoms with E-state index in [0.717, 1.165) is 11.1 Å². The van der Waals surface area contributed by atoms with Gasteiger partial charge in [-0.25, -0.2) is 0 Å². The highest BCUT2D eigenvalue weighted by Gasteiger charge is 2.29. The highest BCUT2D eigenvalue weighted by atomic mass is 16.5. The molecule has 3 rings (SSSR count). The van der Waals surface area contributed by atoms with Gasteiger partial charge < -0.3 is 24.8 Å². The van der Waals surface area contributed by atoms with Gasteiger partial charge in [0.25, 0.3) is 5.91 Å². The number of hydrogen-bond acceptors (Lipinski definition) is 6. The van der Waals surface area contributed by atoms with Crippen LogP contribution < -0.4 is 30.3 Å². The maximum Gasteiger partial charge on any atom is 0.254 e. The number of carbonyl (C=O) groups excluding carboxylic acids is 2. The Labute approximate surface area is 180 Å². The van der Waals surface area contributed by atoms with Gasteiger partial charge in [-0.1, -0.05) is 6.07 Å². The van der Waals surface area contributed by atoms with Crippen LogP contribution in [0.25, 0.3) is 11.1 Å². The van der Waals surface area contributed by atoms with Gasteiger partial charge in [0.05, 0.1) is 32.9 Å². The van der Waals surface area contributed by atoms with Crippen LogP contribution in [0.3, 0.4) is 0 Å². The summed E-state index contributed by atoms with van der Waals surface area (Å²) in [4.78, 5) is 37.0. The van der Waals surface area contributed by atoms with E-state index >= 15 is 0 Å². The molecule has 0 bridgehead atoms. The summed E-state index contributed by atoms with van der Waals surface area (Å²) in [5, 5.41) is 5.42. The molecule has 2 aromatic rings. The summed E-state index contributed by atoms with van der Waals surface area (Å²) in [7, 11) is 6.07. The van der Waals surface area contributed by atoms with Gasteiger partial charge in [0.15, 0.2) is 16.9 Å². The zero-order chi connectivity index (χ0) is 22.7. The largest absolute Gasteiger partial charge is 0.493 e. The SMILES string of the molecule is CNC(=O)c1ccc2c(cc1=O)[C@@H](NC(C)=O)CCc1cc(OC)c(OC)c(OC)c1-2. The number of fused-ring (bicyclic) bond motifs is 3. The smallest absolute Gasteiger partial charge is 0.254 e. The Kier molecular flexibility index (Phi) is 6.48. The summed E-state index contributed by atoms with van der Waals surface area (Å²) in [6.45, 7) is 1.43. The number of aryl methyl sites for hydroxylation is 1. The second kappa shape index (κ2) is 9.07. The number of carbonyl (C=O) groups is 2. The summed E-state index contributed by atoms with van der Waals surface area (Å²) >= 11 is 0. The van der Waals surface area contributed by atoms with Crippen LogP contribution in [0, 0.1) is 0 Å². The fourth-order valence-electron chi connectivity index (χ4n) is 4.03. The van der Waals surface area contributed by atoms with Gasteiger partial charge in [-0.3, -0.25) is 14.4 Å². The number of rotatable bonds is 5. The molecule has 0 saturated carbocycles. The molecule has 0 radical (unpaired) electrons. The number of ether oxygens (including phenoxy) is 3. The lowest BCUT2D eigenvalue weighted by Gasteiger charge is -2.19. The Hall–Kier alpha value is -3.55. The molecule has 8 nitrogen and oxygen atoms in total. The Morgan fingerprint density at radius 3 is 2.32 bits per heavy atom. The first kappa shape index (κ1) is 22.1. The molecule has 0 unspecified atom stereocenters. The average molecular weight is 426 g/mol. The molecule has 0 heterocycles. The molecule has 2 aromatic carbocycles. The number of amides is 2. The van der Waals surface area contributed by atoms with Crippen LogP contribution in [0.2, 0.25) is 0 Å². The van der Waals surface area contributed by atoms with Crippen molar-refractivity contribution in [2.75, 3.05) is 28.4 Å². The quantitative estimate of drug-likeness (QED) is 0.760. The fraction of sp³-hybridized carbons (Fsp3) is 0.348. The number of benzene rings is 1. The maximum absolute atomic E-state index is 12.9. The normalized spacial score (nSPS) is 14.4. The van der Waals surface area contributed by atoms with E-state index in [-0.39, 0.29) is 11.5 Å². The monoisotopic (exact) mass is 426 g/mol. The third-order valence-corrected chi connectivity index (χ3v) is 5.39. The molecule has 0 aliphatic heterocycles. The van der Waals surface area contributed by atoms with Crippen molar-refractivity contribution in [1.29, 1.82) is 0 Å². The summed E-state index contributed by atoms with van der Waals surface area (Å²) in [5.74, 6) is 0.712. The van der Waals surface area contributed by atoms with Gasteiger partial charge in [-0.15, -0.1) is 0 Å². The molecule has 1 atom stereocenters. The van der Waals surface area contributed by atoms with E-state index in [4.69, 9.17) is 14.2 Å². The van der Waals surface area contributed by atoms with Crippen molar-refractivity contribution in [2.45, 2.75) is 25.8 Å². The van der Waals surface area contributed by atoms with Crippen molar-refractivity contribution in [3.8, 4) is 28.4 Å². The van der Waals surface area contributed by atoms with Gasteiger partial charge in [-0.05, 0) is 47.7 Å². The Balaban J connectivity index is 2.43. The molecule has 0 fully saturated rings. The minimum atomic E-state index is -0.481. The Bertz CT molecular complexity index is 1100. The van der Waals surface area contributed by atoms with Crippen molar-refractivity contribution in [2.24, 2.45) is 0 Å². The van der Waals surface area contributed by atoms with Crippen molar-refractivity contribution >= 4 is 11.8 Å². The lowest BCUT2D eigenvalue weighted by atomic mass is 9.95. The predicted octanol–water partition coefficient (Wildman–Crippen LogP) is 2.22. The van der Waals surface area contributed by atoms with E-state index < -0.39 is 17.4 Å². The lowest BCUT2D eigenvalue weighted by molar-refractivity contribution is -0.119. The maximum atomic E-state index is 12.9. The van der Waals surface area contributed by atoms with Gasteiger partial charge in [0.2, 0.25) is 11.7 Å². The number of nitrogens with one attached hydrogen (secondary N) is 2. The zero-order valence-electron chi connectivity index (χ0n) is 18.3. The standard InChI is InChI=1S/C23H26N2O6/c1-12(26)25-17-9-6-13-10-19(29-3)21(30-4)22(31-5)20(13)14-7-8-15(23(28)24-2)18(27)11-16(14)17/h7-8,10-11,17H,6,9H2,1-5H3,(H,24,28)(H,25,26)/t17-/m0/s1. The number of hydrogen-bond donors (Lipinski definition) is 2. The minimum Gasteiger partial charge on any atom is -0.493 e. The van der Waals surface area contributed by atoms with Crippen LogP contribution >= 0.6 is 0 Å². The van der Waals surface area contributed by atoms with E-state index in [1.165, 1.54) is 40.3 Å². The van der Waals surface area contributed by atoms with E-state index in [1.54, 1.807) is 13.2 Å². The van der Waals surface area contributed by atoms with Crippen LogP contribution in [-0.4, -0.2) is 40.2 Å². The first-order chi connectivity index (χ1) is 14.9. The van der Waals surface area contributed by atoms with Crippen LogP contribution in [0.4, 0.5) is 0 Å². The molecule has 8 heteroatoms. The second-order valence-electron chi connectivity index (χ2n) is 7.17. The molecular weight excluding hydrogens is 400 g/mol. The first-order valence-corrected chi connectivity index (χ1v) is 9.85. The third kappa shape index (κ3) is 4.05. The average Bonchev–Trinajstić information content (AvgIpc) is 3.00. The Morgan fingerprint density at radius 2 is 1.74 bits per heavy atom. The van der Waals surface area contributed by atoms with E-state index in [1.807, 2.05) is 6.07 Å². The summed E-state index contributed by atoms with van der Waals surface area (Å²) in [5.41, 5.74) is 2.53. The molecule has 2 amide bonds. The first-order valence-electron chi connectivity index (χ1n) is 9.85. The summed E-state index contributed by atoms with van der Waals surface area (Å²) in [6.07, 6.45) is 1.16. The summed E-state index contributed by atoms with van der Waals surface area (Å²) in [6, 6.07) is 6.09.